The zero-order valence-corrected chi connectivity index (χ0v) is 22.8. The summed E-state index contributed by atoms with van der Waals surface area (Å²) in [7, 11) is -2.22. The van der Waals surface area contributed by atoms with Gasteiger partial charge in [0.25, 0.3) is 0 Å². The van der Waals surface area contributed by atoms with Gasteiger partial charge in [0, 0.05) is 6.54 Å². The third kappa shape index (κ3) is 6.26. The number of methoxy groups -OCH3 is 1. The SMILES string of the molecule is CCN(CC)COc1ccc(C[C@H]2COc3cccc(OC)c3CN2S(=O)(=O)c2ccc(C)cc2)cc1. The molecule has 7 nitrogen and oxygen atoms in total. The van der Waals surface area contributed by atoms with Gasteiger partial charge in [0.05, 0.1) is 23.6 Å². The van der Waals surface area contributed by atoms with E-state index < -0.39 is 16.1 Å². The molecule has 1 aliphatic rings. The molecule has 0 radical (unpaired) electrons. The first-order valence-electron chi connectivity index (χ1n) is 12.7. The summed E-state index contributed by atoms with van der Waals surface area (Å²) < 4.78 is 47.0. The van der Waals surface area contributed by atoms with E-state index in [-0.39, 0.29) is 18.0 Å². The summed E-state index contributed by atoms with van der Waals surface area (Å²) in [4.78, 5) is 2.46. The average Bonchev–Trinajstić information content (AvgIpc) is 3.10. The number of nitrogens with zero attached hydrogens (tertiary/aromatic N) is 2. The minimum atomic E-state index is -3.80. The molecule has 0 amide bonds. The van der Waals surface area contributed by atoms with Gasteiger partial charge >= 0.3 is 0 Å². The second-order valence-corrected chi connectivity index (χ2v) is 11.1. The number of ether oxygens (including phenoxy) is 3. The summed E-state index contributed by atoms with van der Waals surface area (Å²) in [5.41, 5.74) is 2.74. The lowest BCUT2D eigenvalue weighted by Gasteiger charge is -2.29. The highest BCUT2D eigenvalue weighted by atomic mass is 32.2. The van der Waals surface area contributed by atoms with Crippen LogP contribution in [0, 0.1) is 6.92 Å². The van der Waals surface area contributed by atoms with E-state index in [4.69, 9.17) is 14.2 Å². The van der Waals surface area contributed by atoms with Crippen molar-refractivity contribution in [1.29, 1.82) is 0 Å². The van der Waals surface area contributed by atoms with Gasteiger partial charge in [-0.15, -0.1) is 0 Å². The molecular formula is C29H36N2O5S. The lowest BCUT2D eigenvalue weighted by molar-refractivity contribution is 0.137. The monoisotopic (exact) mass is 524 g/mol. The van der Waals surface area contributed by atoms with Gasteiger partial charge in [-0.05, 0) is 68.4 Å². The molecule has 8 heteroatoms. The number of aryl methyl sites for hydroxylation is 1. The summed E-state index contributed by atoms with van der Waals surface area (Å²) in [6.07, 6.45) is 0.498. The van der Waals surface area contributed by atoms with Crippen LogP contribution in [0.15, 0.2) is 71.6 Å². The molecular weight excluding hydrogens is 488 g/mol. The van der Waals surface area contributed by atoms with Crippen molar-refractivity contribution in [3.8, 4) is 17.2 Å². The largest absolute Gasteiger partial charge is 0.496 e. The van der Waals surface area contributed by atoms with Gasteiger partial charge < -0.3 is 14.2 Å². The van der Waals surface area contributed by atoms with Gasteiger partial charge in [-0.1, -0.05) is 49.7 Å². The van der Waals surface area contributed by atoms with E-state index >= 15 is 0 Å². The van der Waals surface area contributed by atoms with Crippen LogP contribution in [0.2, 0.25) is 0 Å². The fraction of sp³-hybridized carbons (Fsp3) is 0.379. The fourth-order valence-electron chi connectivity index (χ4n) is 4.44. The molecule has 0 unspecified atom stereocenters. The van der Waals surface area contributed by atoms with Crippen LogP contribution in [0.5, 0.6) is 17.2 Å². The lowest BCUT2D eigenvalue weighted by atomic mass is 10.1. The smallest absolute Gasteiger partial charge is 0.243 e. The average molecular weight is 525 g/mol. The van der Waals surface area contributed by atoms with Gasteiger partial charge in [-0.3, -0.25) is 4.90 Å². The van der Waals surface area contributed by atoms with Crippen LogP contribution in [0.4, 0.5) is 0 Å². The number of fused-ring (bicyclic) bond motifs is 1. The van der Waals surface area contributed by atoms with E-state index in [1.54, 1.807) is 23.5 Å². The van der Waals surface area contributed by atoms with Crippen LogP contribution in [-0.4, -0.2) is 57.2 Å². The van der Waals surface area contributed by atoms with Gasteiger partial charge in [0.2, 0.25) is 10.0 Å². The van der Waals surface area contributed by atoms with Gasteiger partial charge in [0.15, 0.2) is 0 Å². The van der Waals surface area contributed by atoms with Crippen molar-refractivity contribution in [3.63, 3.8) is 0 Å². The predicted molar refractivity (Wildman–Crippen MR) is 145 cm³/mol. The number of sulfonamides is 1. The first kappa shape index (κ1) is 27.0. The van der Waals surface area contributed by atoms with Gasteiger partial charge in [-0.2, -0.15) is 4.31 Å². The molecule has 1 atom stereocenters. The molecule has 0 saturated heterocycles. The molecule has 0 aromatic heterocycles. The molecule has 37 heavy (non-hydrogen) atoms. The second kappa shape index (κ2) is 12.0. The Morgan fingerprint density at radius 3 is 2.35 bits per heavy atom. The van der Waals surface area contributed by atoms with Crippen LogP contribution < -0.4 is 14.2 Å². The maximum absolute atomic E-state index is 13.9. The third-order valence-electron chi connectivity index (χ3n) is 6.79. The van der Waals surface area contributed by atoms with E-state index in [9.17, 15) is 8.42 Å². The lowest BCUT2D eigenvalue weighted by Crippen LogP contribution is -2.43. The molecule has 0 saturated carbocycles. The van der Waals surface area contributed by atoms with Crippen molar-refractivity contribution in [2.45, 2.75) is 44.7 Å². The summed E-state index contributed by atoms with van der Waals surface area (Å²) in [6.45, 7) is 8.92. The molecule has 3 aromatic carbocycles. The minimum Gasteiger partial charge on any atom is -0.496 e. The van der Waals surface area contributed by atoms with Crippen LogP contribution in [0.25, 0.3) is 0 Å². The standard InChI is InChI=1S/C29H36N2O5S/c1-5-30(6-2)21-36-25-14-12-23(13-15-25)18-24-20-35-29-9-7-8-28(34-4)27(29)19-31(24)37(32,33)26-16-10-22(3)11-17-26/h7-17,24H,5-6,18-21H2,1-4H3/t24-/m0/s1. The summed E-state index contributed by atoms with van der Waals surface area (Å²) >= 11 is 0. The molecule has 0 aliphatic carbocycles. The van der Waals surface area contributed by atoms with Crippen molar-refractivity contribution >= 4 is 10.0 Å². The zero-order valence-electron chi connectivity index (χ0n) is 22.0. The van der Waals surface area contributed by atoms with Crippen molar-refractivity contribution in [3.05, 3.63) is 83.4 Å². The van der Waals surface area contributed by atoms with E-state index in [0.717, 1.165) is 35.5 Å². The Labute approximate surface area is 220 Å². The number of hydrogen-bond donors (Lipinski definition) is 0. The highest BCUT2D eigenvalue weighted by Gasteiger charge is 2.36. The van der Waals surface area contributed by atoms with Gasteiger partial charge in [-0.25, -0.2) is 8.42 Å². The van der Waals surface area contributed by atoms with Crippen LogP contribution in [-0.2, 0) is 23.0 Å². The van der Waals surface area contributed by atoms with E-state index in [2.05, 4.69) is 18.7 Å². The molecule has 0 bridgehead atoms. The van der Waals surface area contributed by atoms with Crippen molar-refractivity contribution < 1.29 is 22.6 Å². The predicted octanol–water partition coefficient (Wildman–Crippen LogP) is 4.88. The summed E-state index contributed by atoms with van der Waals surface area (Å²) in [5.74, 6) is 2.04. The molecule has 198 valence electrons. The number of rotatable bonds is 10. The number of hydrogen-bond acceptors (Lipinski definition) is 6. The highest BCUT2D eigenvalue weighted by molar-refractivity contribution is 7.89. The second-order valence-electron chi connectivity index (χ2n) is 9.19. The first-order valence-corrected chi connectivity index (χ1v) is 14.1. The topological polar surface area (TPSA) is 68.3 Å². The molecule has 4 rings (SSSR count). The van der Waals surface area contributed by atoms with E-state index in [1.165, 1.54) is 0 Å². The van der Waals surface area contributed by atoms with Crippen molar-refractivity contribution in [1.82, 2.24) is 9.21 Å². The Hall–Kier alpha value is -3.07. The Morgan fingerprint density at radius 1 is 1.00 bits per heavy atom. The molecule has 0 N–H and O–H groups in total. The molecule has 0 spiro atoms. The van der Waals surface area contributed by atoms with Crippen molar-refractivity contribution in [2.24, 2.45) is 0 Å². The Morgan fingerprint density at radius 2 is 1.70 bits per heavy atom. The summed E-state index contributed by atoms with van der Waals surface area (Å²) in [5, 5.41) is 0. The zero-order chi connectivity index (χ0) is 26.4. The highest BCUT2D eigenvalue weighted by Crippen LogP contribution is 2.35. The van der Waals surface area contributed by atoms with Crippen LogP contribution >= 0.6 is 0 Å². The van der Waals surface area contributed by atoms with Crippen LogP contribution in [0.3, 0.4) is 0 Å². The molecule has 1 heterocycles. The maximum atomic E-state index is 13.9. The quantitative estimate of drug-likeness (QED) is 0.352. The Bertz CT molecular complexity index is 1270. The Balaban J connectivity index is 1.62. The summed E-state index contributed by atoms with van der Waals surface area (Å²) in [6, 6.07) is 20.0. The molecule has 0 fully saturated rings. The first-order chi connectivity index (χ1) is 17.8. The van der Waals surface area contributed by atoms with E-state index in [0.29, 0.717) is 24.7 Å². The number of benzene rings is 3. The normalized spacial score (nSPS) is 16.1. The van der Waals surface area contributed by atoms with Crippen LogP contribution in [0.1, 0.15) is 30.5 Å². The fourth-order valence-corrected chi connectivity index (χ4v) is 6.01. The minimum absolute atomic E-state index is 0.158. The third-order valence-corrected chi connectivity index (χ3v) is 8.71. The molecule has 1 aliphatic heterocycles. The molecule has 3 aromatic rings. The Kier molecular flexibility index (Phi) is 8.74. The van der Waals surface area contributed by atoms with E-state index in [1.807, 2.05) is 61.5 Å². The maximum Gasteiger partial charge on any atom is 0.243 e. The van der Waals surface area contributed by atoms with Crippen molar-refractivity contribution in [2.75, 3.05) is 33.5 Å². The van der Waals surface area contributed by atoms with Gasteiger partial charge in [0.1, 0.15) is 30.6 Å².